The molecular formula is C17H28N2O2. The Bertz CT molecular complexity index is 458. The lowest BCUT2D eigenvalue weighted by Crippen LogP contribution is -2.39. The van der Waals surface area contributed by atoms with Gasteiger partial charge in [-0.25, -0.2) is 0 Å². The SMILES string of the molecule is CCC(Oc1cc(C)ccc1C)C(=O)NCCCN(C)C. The van der Waals surface area contributed by atoms with Gasteiger partial charge in [0.15, 0.2) is 6.10 Å². The van der Waals surface area contributed by atoms with Crippen molar-refractivity contribution >= 4 is 5.91 Å². The number of aryl methyl sites for hydroxylation is 2. The molecule has 1 unspecified atom stereocenters. The van der Waals surface area contributed by atoms with Crippen molar-refractivity contribution in [2.24, 2.45) is 0 Å². The molecule has 4 heteroatoms. The molecule has 0 aliphatic heterocycles. The van der Waals surface area contributed by atoms with Crippen LogP contribution in [0.15, 0.2) is 18.2 Å². The minimum Gasteiger partial charge on any atom is -0.480 e. The molecule has 1 aromatic rings. The number of carbonyl (C=O) groups excluding carboxylic acids is 1. The standard InChI is InChI=1S/C17H28N2O2/c1-6-15(17(20)18-10-7-11-19(4)5)21-16-12-13(2)8-9-14(16)3/h8-9,12,15H,6-7,10-11H2,1-5H3,(H,18,20). The average molecular weight is 292 g/mol. The summed E-state index contributed by atoms with van der Waals surface area (Å²) in [5.41, 5.74) is 2.19. The van der Waals surface area contributed by atoms with Crippen molar-refractivity contribution in [3.63, 3.8) is 0 Å². The number of benzene rings is 1. The number of rotatable bonds is 8. The van der Waals surface area contributed by atoms with Gasteiger partial charge in [-0.3, -0.25) is 4.79 Å². The van der Waals surface area contributed by atoms with Crippen molar-refractivity contribution in [2.45, 2.75) is 39.7 Å². The number of amides is 1. The summed E-state index contributed by atoms with van der Waals surface area (Å²) in [6, 6.07) is 6.05. The minimum absolute atomic E-state index is 0.0304. The molecule has 0 bridgehead atoms. The van der Waals surface area contributed by atoms with E-state index in [9.17, 15) is 4.79 Å². The molecule has 0 spiro atoms. The highest BCUT2D eigenvalue weighted by Crippen LogP contribution is 2.21. The van der Waals surface area contributed by atoms with Gasteiger partial charge in [0.1, 0.15) is 5.75 Å². The Morgan fingerprint density at radius 2 is 2.05 bits per heavy atom. The highest BCUT2D eigenvalue weighted by Gasteiger charge is 2.18. The number of nitrogens with zero attached hydrogens (tertiary/aromatic N) is 1. The summed E-state index contributed by atoms with van der Waals surface area (Å²) in [4.78, 5) is 14.3. The molecule has 118 valence electrons. The first-order chi connectivity index (χ1) is 9.93. The van der Waals surface area contributed by atoms with E-state index >= 15 is 0 Å². The Labute approximate surface area is 128 Å². The van der Waals surface area contributed by atoms with E-state index in [4.69, 9.17) is 4.74 Å². The van der Waals surface area contributed by atoms with Gasteiger partial charge in [0.25, 0.3) is 5.91 Å². The summed E-state index contributed by atoms with van der Waals surface area (Å²) in [5.74, 6) is 0.766. The normalized spacial score (nSPS) is 12.3. The van der Waals surface area contributed by atoms with E-state index in [-0.39, 0.29) is 5.91 Å². The molecule has 1 aromatic carbocycles. The van der Waals surface area contributed by atoms with Crippen molar-refractivity contribution in [3.8, 4) is 5.75 Å². The van der Waals surface area contributed by atoms with E-state index in [0.717, 1.165) is 29.8 Å². The summed E-state index contributed by atoms with van der Waals surface area (Å²) in [6.07, 6.45) is 1.18. The Morgan fingerprint density at radius 3 is 2.67 bits per heavy atom. The van der Waals surface area contributed by atoms with Crippen LogP contribution in [-0.4, -0.2) is 44.1 Å². The summed E-state index contributed by atoms with van der Waals surface area (Å²) in [6.45, 7) is 7.64. The lowest BCUT2D eigenvalue weighted by molar-refractivity contribution is -0.128. The van der Waals surface area contributed by atoms with Gasteiger partial charge >= 0.3 is 0 Å². The van der Waals surface area contributed by atoms with Crippen molar-refractivity contribution in [1.29, 1.82) is 0 Å². The summed E-state index contributed by atoms with van der Waals surface area (Å²) in [7, 11) is 4.06. The second kappa shape index (κ2) is 8.67. The zero-order chi connectivity index (χ0) is 15.8. The van der Waals surface area contributed by atoms with Gasteiger partial charge in [-0.15, -0.1) is 0 Å². The maximum Gasteiger partial charge on any atom is 0.261 e. The van der Waals surface area contributed by atoms with Gasteiger partial charge in [-0.05, 0) is 64.5 Å². The molecular weight excluding hydrogens is 264 g/mol. The maximum absolute atomic E-state index is 12.2. The van der Waals surface area contributed by atoms with Crippen LogP contribution in [0.4, 0.5) is 0 Å². The predicted octanol–water partition coefficient (Wildman–Crippen LogP) is 2.53. The zero-order valence-corrected chi connectivity index (χ0v) is 13.9. The van der Waals surface area contributed by atoms with E-state index in [1.54, 1.807) is 0 Å². The molecule has 0 aliphatic carbocycles. The number of nitrogens with one attached hydrogen (secondary N) is 1. The van der Waals surface area contributed by atoms with Crippen LogP contribution in [0.25, 0.3) is 0 Å². The zero-order valence-electron chi connectivity index (χ0n) is 13.9. The monoisotopic (exact) mass is 292 g/mol. The Balaban J connectivity index is 2.53. The van der Waals surface area contributed by atoms with Crippen molar-refractivity contribution in [2.75, 3.05) is 27.2 Å². The molecule has 1 atom stereocenters. The fourth-order valence-electron chi connectivity index (χ4n) is 2.03. The largest absolute Gasteiger partial charge is 0.480 e. The lowest BCUT2D eigenvalue weighted by Gasteiger charge is -2.19. The third-order valence-corrected chi connectivity index (χ3v) is 3.36. The summed E-state index contributed by atoms with van der Waals surface area (Å²) < 4.78 is 5.89. The molecule has 21 heavy (non-hydrogen) atoms. The van der Waals surface area contributed by atoms with Crippen molar-refractivity contribution in [1.82, 2.24) is 10.2 Å². The Morgan fingerprint density at radius 1 is 1.33 bits per heavy atom. The number of hydrogen-bond acceptors (Lipinski definition) is 3. The van der Waals surface area contributed by atoms with Gasteiger partial charge in [0.2, 0.25) is 0 Å². The van der Waals surface area contributed by atoms with Crippen molar-refractivity contribution in [3.05, 3.63) is 29.3 Å². The van der Waals surface area contributed by atoms with Crippen LogP contribution in [0.5, 0.6) is 5.75 Å². The maximum atomic E-state index is 12.2. The van der Waals surface area contributed by atoms with Gasteiger partial charge in [-0.1, -0.05) is 19.1 Å². The summed E-state index contributed by atoms with van der Waals surface area (Å²) in [5, 5.41) is 2.95. The van der Waals surface area contributed by atoms with E-state index < -0.39 is 6.10 Å². The average Bonchev–Trinajstić information content (AvgIpc) is 2.44. The van der Waals surface area contributed by atoms with E-state index in [2.05, 4.69) is 10.2 Å². The van der Waals surface area contributed by atoms with E-state index in [1.165, 1.54) is 0 Å². The molecule has 1 amide bonds. The van der Waals surface area contributed by atoms with Crippen LogP contribution in [0.3, 0.4) is 0 Å². The fraction of sp³-hybridized carbons (Fsp3) is 0.588. The molecule has 0 saturated heterocycles. The molecule has 0 radical (unpaired) electrons. The van der Waals surface area contributed by atoms with Crippen LogP contribution in [0.2, 0.25) is 0 Å². The van der Waals surface area contributed by atoms with Gasteiger partial charge in [0.05, 0.1) is 0 Å². The Hall–Kier alpha value is -1.55. The molecule has 1 N–H and O–H groups in total. The van der Waals surface area contributed by atoms with Gasteiger partial charge in [0, 0.05) is 6.54 Å². The predicted molar refractivity (Wildman–Crippen MR) is 86.8 cm³/mol. The molecule has 4 nitrogen and oxygen atoms in total. The Kier molecular flexibility index (Phi) is 7.23. The van der Waals surface area contributed by atoms with Crippen LogP contribution < -0.4 is 10.1 Å². The van der Waals surface area contributed by atoms with Crippen LogP contribution >= 0.6 is 0 Å². The third-order valence-electron chi connectivity index (χ3n) is 3.36. The van der Waals surface area contributed by atoms with Crippen LogP contribution in [-0.2, 0) is 4.79 Å². The first-order valence-electron chi connectivity index (χ1n) is 7.60. The highest BCUT2D eigenvalue weighted by molar-refractivity contribution is 5.81. The first kappa shape index (κ1) is 17.5. The smallest absolute Gasteiger partial charge is 0.261 e. The number of carbonyl (C=O) groups is 1. The lowest BCUT2D eigenvalue weighted by atomic mass is 10.1. The molecule has 0 fully saturated rings. The van der Waals surface area contributed by atoms with Crippen LogP contribution in [0.1, 0.15) is 30.9 Å². The third kappa shape index (κ3) is 6.17. The minimum atomic E-state index is -0.426. The molecule has 1 rings (SSSR count). The van der Waals surface area contributed by atoms with E-state index in [1.807, 2.05) is 53.1 Å². The second-order valence-corrected chi connectivity index (χ2v) is 5.73. The number of hydrogen-bond donors (Lipinski definition) is 1. The molecule has 0 saturated carbocycles. The van der Waals surface area contributed by atoms with Crippen LogP contribution in [0, 0.1) is 13.8 Å². The van der Waals surface area contributed by atoms with Crippen molar-refractivity contribution < 1.29 is 9.53 Å². The second-order valence-electron chi connectivity index (χ2n) is 5.73. The van der Waals surface area contributed by atoms with E-state index in [0.29, 0.717) is 13.0 Å². The summed E-state index contributed by atoms with van der Waals surface area (Å²) >= 11 is 0. The molecule has 0 heterocycles. The first-order valence-corrected chi connectivity index (χ1v) is 7.60. The van der Waals surface area contributed by atoms with Gasteiger partial charge in [-0.2, -0.15) is 0 Å². The fourth-order valence-corrected chi connectivity index (χ4v) is 2.03. The molecule has 0 aliphatic rings. The quantitative estimate of drug-likeness (QED) is 0.749. The van der Waals surface area contributed by atoms with Gasteiger partial charge < -0.3 is 15.0 Å². The highest BCUT2D eigenvalue weighted by atomic mass is 16.5. The topological polar surface area (TPSA) is 41.6 Å². The molecule has 0 aromatic heterocycles. The number of ether oxygens (including phenoxy) is 1.